The predicted molar refractivity (Wildman–Crippen MR) is 178 cm³/mol. The summed E-state index contributed by atoms with van der Waals surface area (Å²) in [4.78, 5) is 6.37. The molecule has 2 heterocycles. The van der Waals surface area contributed by atoms with Crippen LogP contribution in [0.2, 0.25) is 0 Å². The van der Waals surface area contributed by atoms with Crippen molar-refractivity contribution in [3.63, 3.8) is 0 Å². The minimum Gasteiger partial charge on any atom is -0.497 e. The molecule has 9 nitrogen and oxygen atoms in total. The van der Waals surface area contributed by atoms with E-state index in [2.05, 4.69) is 31.0 Å². The summed E-state index contributed by atoms with van der Waals surface area (Å²) >= 11 is 0. The normalized spacial score (nSPS) is 19.9. The summed E-state index contributed by atoms with van der Waals surface area (Å²) in [5.74, 6) is 1.82. The maximum absolute atomic E-state index is 13.6. The van der Waals surface area contributed by atoms with E-state index in [9.17, 15) is 8.42 Å². The van der Waals surface area contributed by atoms with Gasteiger partial charge in [-0.05, 0) is 127 Å². The lowest BCUT2D eigenvalue weighted by Crippen LogP contribution is -2.59. The van der Waals surface area contributed by atoms with Crippen LogP contribution in [0.15, 0.2) is 59.5 Å². The van der Waals surface area contributed by atoms with E-state index in [0.717, 1.165) is 54.2 Å². The van der Waals surface area contributed by atoms with Gasteiger partial charge in [-0.2, -0.15) is 0 Å². The van der Waals surface area contributed by atoms with Crippen LogP contribution in [0.4, 0.5) is 17.1 Å². The first-order valence-electron chi connectivity index (χ1n) is 15.4. The quantitative estimate of drug-likeness (QED) is 0.330. The summed E-state index contributed by atoms with van der Waals surface area (Å²) in [6.07, 6.45) is 0.510. The number of hydrogen-bond donors (Lipinski definition) is 2. The van der Waals surface area contributed by atoms with Gasteiger partial charge in [-0.3, -0.25) is 5.73 Å². The summed E-state index contributed by atoms with van der Waals surface area (Å²) in [5.41, 5.74) is 19.4. The number of benzene rings is 3. The van der Waals surface area contributed by atoms with Gasteiger partial charge in [0, 0.05) is 5.56 Å². The highest BCUT2D eigenvalue weighted by molar-refractivity contribution is 7.92. The maximum atomic E-state index is 13.6. The van der Waals surface area contributed by atoms with E-state index in [0.29, 0.717) is 17.4 Å². The molecule has 2 atom stereocenters. The van der Waals surface area contributed by atoms with E-state index >= 15 is 0 Å². The van der Waals surface area contributed by atoms with Crippen LogP contribution in [-0.4, -0.2) is 58.2 Å². The molecule has 2 unspecified atom stereocenters. The molecule has 0 amide bonds. The Labute approximate surface area is 262 Å². The molecule has 3 aromatic carbocycles. The van der Waals surface area contributed by atoms with Gasteiger partial charge >= 0.3 is 0 Å². The van der Waals surface area contributed by atoms with Crippen molar-refractivity contribution in [3.05, 3.63) is 71.3 Å². The highest BCUT2D eigenvalue weighted by atomic mass is 32.2. The number of ether oxygens (including phenoxy) is 2. The average molecular weight is 622 g/mol. The largest absolute Gasteiger partial charge is 0.497 e. The van der Waals surface area contributed by atoms with Crippen molar-refractivity contribution >= 4 is 26.9 Å². The zero-order valence-electron chi connectivity index (χ0n) is 26.9. The van der Waals surface area contributed by atoms with Crippen LogP contribution in [-0.2, 0) is 9.84 Å². The van der Waals surface area contributed by atoms with Gasteiger partial charge in [0.25, 0.3) is 0 Å². The van der Waals surface area contributed by atoms with E-state index in [1.165, 1.54) is 5.56 Å². The Balaban J connectivity index is 1.72. The first-order valence-corrected chi connectivity index (χ1v) is 17.0. The molecule has 0 bridgehead atoms. The third-order valence-electron chi connectivity index (χ3n) is 8.86. The Morgan fingerprint density at radius 2 is 1.57 bits per heavy atom. The molecule has 1 fully saturated rings. The van der Waals surface area contributed by atoms with Crippen molar-refractivity contribution in [2.75, 3.05) is 37.0 Å². The van der Waals surface area contributed by atoms with Crippen molar-refractivity contribution in [1.82, 2.24) is 4.90 Å². The standard InChI is InChI=1S/C34H47N5O4S/c1-21(2)43-31-20-26(24-14-16-37(6)17-15-24)23(5)18-30(31)38-28-13-12-25(42-7)19-27(28)33(35)39(34(38)36)29-10-8-9-11-32(29)44(40,41)22(3)4/h8-13,18-22,24,33-34H,14-17,35-36H2,1-7H3. The van der Waals surface area contributed by atoms with Gasteiger partial charge in [0.1, 0.15) is 17.7 Å². The lowest BCUT2D eigenvalue weighted by Gasteiger charge is -2.49. The third kappa shape index (κ3) is 5.88. The molecule has 0 radical (unpaired) electrons. The molecule has 0 aromatic heterocycles. The molecule has 3 aromatic rings. The molecule has 5 rings (SSSR count). The monoisotopic (exact) mass is 621 g/mol. The van der Waals surface area contributed by atoms with Crippen molar-refractivity contribution in [3.8, 4) is 11.5 Å². The molecular weight excluding hydrogens is 574 g/mol. The number of aryl methyl sites for hydroxylation is 1. The van der Waals surface area contributed by atoms with Crippen molar-refractivity contribution in [1.29, 1.82) is 0 Å². The number of likely N-dealkylation sites (tertiary alicyclic amines) is 1. The molecule has 0 aliphatic carbocycles. The zero-order valence-corrected chi connectivity index (χ0v) is 27.8. The van der Waals surface area contributed by atoms with Crippen molar-refractivity contribution in [2.24, 2.45) is 11.5 Å². The number of fused-ring (bicyclic) bond motifs is 1. The number of anilines is 3. The van der Waals surface area contributed by atoms with Crippen molar-refractivity contribution < 1.29 is 17.9 Å². The molecule has 1 saturated heterocycles. The van der Waals surface area contributed by atoms with E-state index < -0.39 is 27.5 Å². The van der Waals surface area contributed by atoms with Gasteiger partial charge in [-0.1, -0.05) is 12.1 Å². The zero-order chi connectivity index (χ0) is 31.9. The second kappa shape index (κ2) is 12.6. The lowest BCUT2D eigenvalue weighted by atomic mass is 9.86. The molecule has 238 valence electrons. The Bertz CT molecular complexity index is 1600. The number of piperidine rings is 1. The Hall–Kier alpha value is -3.31. The first kappa shape index (κ1) is 32.1. The molecule has 2 aliphatic rings. The number of methoxy groups -OCH3 is 1. The number of para-hydroxylation sites is 1. The number of nitrogens with two attached hydrogens (primary N) is 2. The molecular formula is C34H47N5O4S. The lowest BCUT2D eigenvalue weighted by molar-refractivity contribution is 0.240. The first-order chi connectivity index (χ1) is 20.8. The Kier molecular flexibility index (Phi) is 9.18. The van der Waals surface area contributed by atoms with Crippen LogP contribution in [0, 0.1) is 6.92 Å². The second-order valence-corrected chi connectivity index (χ2v) is 15.0. The summed E-state index contributed by atoms with van der Waals surface area (Å²) in [6, 6.07) is 17.0. The van der Waals surface area contributed by atoms with Gasteiger partial charge in [-0.15, -0.1) is 0 Å². The minimum atomic E-state index is -3.65. The van der Waals surface area contributed by atoms with Gasteiger partial charge < -0.3 is 29.9 Å². The molecule has 0 spiro atoms. The molecule has 4 N–H and O–H groups in total. The van der Waals surface area contributed by atoms with E-state index in [1.54, 1.807) is 44.1 Å². The summed E-state index contributed by atoms with van der Waals surface area (Å²) in [6.45, 7) is 11.7. The fourth-order valence-electron chi connectivity index (χ4n) is 6.41. The number of rotatable bonds is 8. The number of sulfone groups is 1. The maximum Gasteiger partial charge on any atom is 0.182 e. The van der Waals surface area contributed by atoms with E-state index in [1.807, 2.05) is 43.0 Å². The minimum absolute atomic E-state index is 0.0755. The fraction of sp³-hybridized carbons (Fsp3) is 0.471. The predicted octanol–water partition coefficient (Wildman–Crippen LogP) is 5.64. The topological polar surface area (TPSA) is 114 Å². The second-order valence-electron chi connectivity index (χ2n) is 12.5. The summed E-state index contributed by atoms with van der Waals surface area (Å²) in [5, 5.41) is -0.620. The summed E-state index contributed by atoms with van der Waals surface area (Å²) < 4.78 is 39.2. The van der Waals surface area contributed by atoms with Crippen LogP contribution in [0.5, 0.6) is 11.5 Å². The summed E-state index contributed by atoms with van der Waals surface area (Å²) in [7, 11) is 0.131. The third-order valence-corrected chi connectivity index (χ3v) is 11.1. The highest BCUT2D eigenvalue weighted by Gasteiger charge is 2.40. The molecule has 44 heavy (non-hydrogen) atoms. The van der Waals surface area contributed by atoms with Gasteiger partial charge in [0.05, 0.1) is 40.4 Å². The van der Waals surface area contributed by atoms with Crippen LogP contribution in [0.1, 0.15) is 69.3 Å². The van der Waals surface area contributed by atoms with Crippen LogP contribution >= 0.6 is 0 Å². The van der Waals surface area contributed by atoms with Crippen LogP contribution < -0.4 is 30.7 Å². The van der Waals surface area contributed by atoms with E-state index in [-0.39, 0.29) is 11.0 Å². The van der Waals surface area contributed by atoms with E-state index in [4.69, 9.17) is 20.9 Å². The fourth-order valence-corrected chi connectivity index (χ4v) is 7.65. The smallest absolute Gasteiger partial charge is 0.182 e. The van der Waals surface area contributed by atoms with Gasteiger partial charge in [-0.25, -0.2) is 8.42 Å². The number of nitrogens with zero attached hydrogens (tertiary/aromatic N) is 3. The molecule has 10 heteroatoms. The van der Waals surface area contributed by atoms with Crippen LogP contribution in [0.25, 0.3) is 0 Å². The average Bonchev–Trinajstić information content (AvgIpc) is 2.98. The SMILES string of the molecule is COc1ccc2c(c1)C(N)N(c1ccccc1S(=O)(=O)C(C)C)C(N)N2c1cc(C)c(C2CCN(C)CC2)cc1OC(C)C. The van der Waals surface area contributed by atoms with Crippen molar-refractivity contribution in [2.45, 2.75) is 82.1 Å². The van der Waals surface area contributed by atoms with Crippen LogP contribution in [0.3, 0.4) is 0 Å². The Morgan fingerprint density at radius 1 is 0.886 bits per heavy atom. The Morgan fingerprint density at radius 3 is 2.20 bits per heavy atom. The van der Waals surface area contributed by atoms with Gasteiger partial charge in [0.15, 0.2) is 16.1 Å². The molecule has 0 saturated carbocycles. The number of hydrogen-bond acceptors (Lipinski definition) is 9. The highest BCUT2D eigenvalue weighted by Crippen LogP contribution is 2.48. The van der Waals surface area contributed by atoms with Gasteiger partial charge in [0.2, 0.25) is 0 Å². The molecule has 2 aliphatic heterocycles.